The molecule has 0 saturated carbocycles. The van der Waals surface area contributed by atoms with Gasteiger partial charge in [-0.2, -0.15) is 0 Å². The summed E-state index contributed by atoms with van der Waals surface area (Å²) >= 11 is 1.82. The zero-order valence-corrected chi connectivity index (χ0v) is 27.5. The predicted molar refractivity (Wildman–Crippen MR) is 177 cm³/mol. The SMILES string of the molecule is CCC#Cc1cn([C@@H]2S[C@H](CO[Si](c3ccccc3)(c3ccccc3)C(C)(C)C)[C@H]3OC(C)(C)O[C@H]32)c2ncnc(N)c12. The van der Waals surface area contributed by atoms with Crippen molar-refractivity contribution in [2.45, 2.75) is 81.6 Å². The fourth-order valence-electron chi connectivity index (χ4n) is 6.57. The van der Waals surface area contributed by atoms with Crippen molar-refractivity contribution in [3.05, 3.63) is 78.8 Å². The summed E-state index contributed by atoms with van der Waals surface area (Å²) in [6.07, 6.45) is 3.95. The largest absolute Gasteiger partial charge is 0.406 e. The third-order valence-corrected chi connectivity index (χ3v) is 14.9. The highest BCUT2D eigenvalue weighted by Crippen LogP contribution is 2.52. The van der Waals surface area contributed by atoms with Crippen LogP contribution in [0.3, 0.4) is 0 Å². The summed E-state index contributed by atoms with van der Waals surface area (Å²) in [5.74, 6) is 6.17. The molecule has 0 aliphatic carbocycles. The Morgan fingerprint density at radius 1 is 1.00 bits per heavy atom. The van der Waals surface area contributed by atoms with Crippen LogP contribution in [0.2, 0.25) is 5.04 Å². The number of ether oxygens (including phenoxy) is 2. The average Bonchev–Trinajstić information content (AvgIpc) is 3.61. The van der Waals surface area contributed by atoms with Crippen molar-refractivity contribution in [1.82, 2.24) is 14.5 Å². The molecule has 2 aliphatic heterocycles. The number of fused-ring (bicyclic) bond motifs is 2. The van der Waals surface area contributed by atoms with Crippen molar-refractivity contribution in [3.8, 4) is 11.8 Å². The monoisotopic (exact) mass is 612 g/mol. The second-order valence-electron chi connectivity index (χ2n) is 12.7. The van der Waals surface area contributed by atoms with Gasteiger partial charge in [0.05, 0.1) is 16.2 Å². The molecule has 7 nitrogen and oxygen atoms in total. The molecular weight excluding hydrogens is 573 g/mol. The fourth-order valence-corrected chi connectivity index (χ4v) is 12.8. The normalized spacial score (nSPS) is 23.2. The molecule has 0 unspecified atom stereocenters. The highest BCUT2D eigenvalue weighted by molar-refractivity contribution is 8.00. The second kappa shape index (κ2) is 11.4. The number of nitrogens with zero attached hydrogens (tertiary/aromatic N) is 3. The Balaban J connectivity index is 1.40. The van der Waals surface area contributed by atoms with Crippen LogP contribution in [-0.2, 0) is 13.9 Å². The number of nitrogen functional groups attached to an aromatic ring is 1. The van der Waals surface area contributed by atoms with Crippen LogP contribution in [0.5, 0.6) is 0 Å². The van der Waals surface area contributed by atoms with Crippen LogP contribution in [0.4, 0.5) is 5.82 Å². The number of hydrogen-bond donors (Lipinski definition) is 1. The minimum Gasteiger partial charge on any atom is -0.406 e. The van der Waals surface area contributed by atoms with Crippen LogP contribution < -0.4 is 16.1 Å². The number of anilines is 1. The number of thioether (sulfide) groups is 1. The number of benzene rings is 2. The quantitative estimate of drug-likeness (QED) is 0.228. The molecule has 2 N–H and O–H groups in total. The molecule has 9 heteroatoms. The van der Waals surface area contributed by atoms with Gasteiger partial charge in [0.1, 0.15) is 35.4 Å². The van der Waals surface area contributed by atoms with Gasteiger partial charge in [-0.05, 0) is 29.3 Å². The van der Waals surface area contributed by atoms with Gasteiger partial charge >= 0.3 is 0 Å². The van der Waals surface area contributed by atoms with E-state index in [9.17, 15) is 0 Å². The maximum Gasteiger partial charge on any atom is 0.261 e. The average molecular weight is 613 g/mol. The molecule has 2 saturated heterocycles. The molecule has 43 heavy (non-hydrogen) atoms. The molecule has 0 radical (unpaired) electrons. The van der Waals surface area contributed by atoms with E-state index in [2.05, 4.69) is 108 Å². The topological polar surface area (TPSA) is 84.4 Å². The predicted octanol–water partition coefficient (Wildman–Crippen LogP) is 5.49. The van der Waals surface area contributed by atoms with E-state index in [0.717, 1.165) is 23.0 Å². The highest BCUT2D eigenvalue weighted by atomic mass is 32.2. The van der Waals surface area contributed by atoms with E-state index in [4.69, 9.17) is 19.6 Å². The van der Waals surface area contributed by atoms with E-state index in [1.807, 2.05) is 38.7 Å². The molecule has 6 rings (SSSR count). The first-order chi connectivity index (χ1) is 20.6. The Morgan fingerprint density at radius 2 is 1.63 bits per heavy atom. The molecule has 4 heterocycles. The van der Waals surface area contributed by atoms with Crippen molar-refractivity contribution in [2.24, 2.45) is 0 Å². The van der Waals surface area contributed by atoms with E-state index < -0.39 is 14.1 Å². The summed E-state index contributed by atoms with van der Waals surface area (Å²) in [4.78, 5) is 8.92. The van der Waals surface area contributed by atoms with Gasteiger partial charge < -0.3 is 24.2 Å². The van der Waals surface area contributed by atoms with Crippen LogP contribution in [-0.4, -0.2) is 52.7 Å². The van der Waals surface area contributed by atoms with Crippen LogP contribution in [0.15, 0.2) is 73.2 Å². The molecule has 2 fully saturated rings. The Morgan fingerprint density at radius 3 is 2.23 bits per heavy atom. The van der Waals surface area contributed by atoms with Gasteiger partial charge in [-0.3, -0.25) is 0 Å². The Kier molecular flexibility index (Phi) is 7.94. The first-order valence-electron chi connectivity index (χ1n) is 14.9. The van der Waals surface area contributed by atoms with Crippen LogP contribution in [0, 0.1) is 11.8 Å². The third kappa shape index (κ3) is 5.30. The van der Waals surface area contributed by atoms with Crippen molar-refractivity contribution in [2.75, 3.05) is 12.3 Å². The Hall–Kier alpha value is -3.13. The molecular formula is C34H40N4O3SSi. The maximum atomic E-state index is 7.38. The molecule has 4 aromatic rings. The van der Waals surface area contributed by atoms with Gasteiger partial charge in [0.15, 0.2) is 5.79 Å². The maximum absolute atomic E-state index is 7.38. The van der Waals surface area contributed by atoms with E-state index >= 15 is 0 Å². The zero-order chi connectivity index (χ0) is 30.4. The fraction of sp³-hybridized carbons (Fsp3) is 0.412. The lowest BCUT2D eigenvalue weighted by molar-refractivity contribution is -0.149. The van der Waals surface area contributed by atoms with E-state index in [-0.39, 0.29) is 27.9 Å². The lowest BCUT2D eigenvalue weighted by Crippen LogP contribution is -2.67. The summed E-state index contributed by atoms with van der Waals surface area (Å²) < 4.78 is 22.7. The lowest BCUT2D eigenvalue weighted by atomic mass is 10.1. The molecule has 2 aromatic carbocycles. The lowest BCUT2D eigenvalue weighted by Gasteiger charge is -2.43. The molecule has 2 aromatic heterocycles. The molecule has 4 atom stereocenters. The van der Waals surface area contributed by atoms with Crippen LogP contribution in [0.25, 0.3) is 11.0 Å². The van der Waals surface area contributed by atoms with Crippen LogP contribution in [0.1, 0.15) is 58.9 Å². The Labute approximate surface area is 259 Å². The van der Waals surface area contributed by atoms with Crippen molar-refractivity contribution >= 4 is 47.3 Å². The molecule has 2 aliphatic rings. The van der Waals surface area contributed by atoms with E-state index in [1.165, 1.54) is 16.7 Å². The van der Waals surface area contributed by atoms with Gasteiger partial charge in [0.2, 0.25) is 0 Å². The summed E-state index contributed by atoms with van der Waals surface area (Å²) in [5, 5.41) is 3.11. The summed E-state index contributed by atoms with van der Waals surface area (Å²) in [5.41, 5.74) is 7.94. The first-order valence-corrected chi connectivity index (χ1v) is 17.8. The van der Waals surface area contributed by atoms with Crippen molar-refractivity contribution < 1.29 is 13.9 Å². The number of hydrogen-bond acceptors (Lipinski definition) is 7. The molecule has 0 spiro atoms. The molecule has 0 amide bonds. The minimum absolute atomic E-state index is 0.0280. The van der Waals surface area contributed by atoms with E-state index in [0.29, 0.717) is 12.4 Å². The molecule has 224 valence electrons. The number of rotatable bonds is 6. The number of aromatic nitrogens is 3. The highest BCUT2D eigenvalue weighted by Gasteiger charge is 2.57. The number of nitrogens with two attached hydrogens (primary N) is 1. The Bertz CT molecular complexity index is 1620. The van der Waals surface area contributed by atoms with Gasteiger partial charge in [0, 0.05) is 19.2 Å². The zero-order valence-electron chi connectivity index (χ0n) is 25.7. The molecule has 0 bridgehead atoms. The second-order valence-corrected chi connectivity index (χ2v) is 18.3. The summed E-state index contributed by atoms with van der Waals surface area (Å²) in [6, 6.07) is 21.5. The van der Waals surface area contributed by atoms with Gasteiger partial charge in [-0.15, -0.1) is 11.8 Å². The third-order valence-electron chi connectivity index (χ3n) is 8.32. The minimum atomic E-state index is -2.73. The van der Waals surface area contributed by atoms with Gasteiger partial charge in [-0.1, -0.05) is 100 Å². The standard InChI is InChI=1S/C34H40N4O3SSi/c1-7-8-15-23-20-38(31-27(23)30(35)36-22-37-31)32-29-28(40-34(5,6)41-29)26(42-32)21-39-43(33(2,3)4,24-16-11-9-12-17-24)25-18-13-10-14-19-25/h9-14,16-20,22,26,28-29,32H,7,21H2,1-6H3,(H2,35,36,37)/t26-,28-,29-,32-/m1/s1. The summed E-state index contributed by atoms with van der Waals surface area (Å²) in [7, 11) is -2.73. The smallest absolute Gasteiger partial charge is 0.261 e. The van der Waals surface area contributed by atoms with Gasteiger partial charge in [0.25, 0.3) is 8.32 Å². The summed E-state index contributed by atoms with van der Waals surface area (Å²) in [6.45, 7) is 13.4. The van der Waals surface area contributed by atoms with Crippen LogP contribution >= 0.6 is 11.8 Å². The van der Waals surface area contributed by atoms with E-state index in [1.54, 1.807) is 0 Å². The van der Waals surface area contributed by atoms with Crippen molar-refractivity contribution in [3.63, 3.8) is 0 Å². The van der Waals surface area contributed by atoms with Crippen molar-refractivity contribution in [1.29, 1.82) is 0 Å². The van der Waals surface area contributed by atoms with Gasteiger partial charge in [-0.25, -0.2) is 9.97 Å². The first kappa shape index (κ1) is 29.9.